The van der Waals surface area contributed by atoms with Gasteiger partial charge in [0.1, 0.15) is 5.03 Å². The molecule has 0 aliphatic heterocycles. The minimum atomic E-state index is -0.00171. The van der Waals surface area contributed by atoms with Crippen LogP contribution in [0.4, 0.5) is 0 Å². The standard InChI is InChI=1S/C13H11Cl2N3OS/c1-7-2-4-9(12(16)18-19)13(17-7)20-11-6-8(14)3-5-10(11)15/h2-6,19H,1H3,(H2,16,18). The van der Waals surface area contributed by atoms with E-state index in [1.807, 2.05) is 6.92 Å². The van der Waals surface area contributed by atoms with E-state index in [9.17, 15) is 0 Å². The van der Waals surface area contributed by atoms with Crippen molar-refractivity contribution in [1.29, 1.82) is 0 Å². The van der Waals surface area contributed by atoms with Crippen molar-refractivity contribution in [3.8, 4) is 0 Å². The predicted octanol–water partition coefficient (Wildman–Crippen LogP) is 3.94. The summed E-state index contributed by atoms with van der Waals surface area (Å²) in [4.78, 5) is 5.15. The molecule has 0 aliphatic carbocycles. The zero-order valence-electron chi connectivity index (χ0n) is 10.5. The maximum atomic E-state index is 8.83. The number of hydrogen-bond donors (Lipinski definition) is 2. The lowest BCUT2D eigenvalue weighted by Crippen LogP contribution is -2.15. The zero-order chi connectivity index (χ0) is 14.7. The van der Waals surface area contributed by atoms with Crippen molar-refractivity contribution < 1.29 is 5.21 Å². The molecule has 0 amide bonds. The largest absolute Gasteiger partial charge is 0.409 e. The summed E-state index contributed by atoms with van der Waals surface area (Å²) in [6, 6.07) is 8.71. The molecule has 0 atom stereocenters. The minimum Gasteiger partial charge on any atom is -0.409 e. The van der Waals surface area contributed by atoms with Gasteiger partial charge in [-0.05, 0) is 37.3 Å². The van der Waals surface area contributed by atoms with Gasteiger partial charge in [0, 0.05) is 15.6 Å². The van der Waals surface area contributed by atoms with Gasteiger partial charge in [0.05, 0.1) is 10.6 Å². The number of benzene rings is 1. The highest BCUT2D eigenvalue weighted by atomic mass is 35.5. The Morgan fingerprint density at radius 1 is 1.30 bits per heavy atom. The number of halogens is 2. The van der Waals surface area contributed by atoms with Crippen molar-refractivity contribution in [3.63, 3.8) is 0 Å². The smallest absolute Gasteiger partial charge is 0.172 e. The fraction of sp³-hybridized carbons (Fsp3) is 0.0769. The predicted molar refractivity (Wildman–Crippen MR) is 82.1 cm³/mol. The Balaban J connectivity index is 2.47. The molecule has 0 saturated carbocycles. The Hall–Kier alpha value is -1.43. The van der Waals surface area contributed by atoms with Gasteiger partial charge in [0.15, 0.2) is 5.84 Å². The average molecular weight is 328 g/mol. The molecule has 0 radical (unpaired) electrons. The van der Waals surface area contributed by atoms with E-state index < -0.39 is 0 Å². The van der Waals surface area contributed by atoms with Crippen LogP contribution in [0.5, 0.6) is 0 Å². The molecule has 104 valence electrons. The van der Waals surface area contributed by atoms with Crippen LogP contribution in [0.2, 0.25) is 10.0 Å². The Bertz CT molecular complexity index is 677. The summed E-state index contributed by atoms with van der Waals surface area (Å²) in [6.45, 7) is 1.86. The number of nitrogens with two attached hydrogens (primary N) is 1. The summed E-state index contributed by atoms with van der Waals surface area (Å²) in [7, 11) is 0. The second kappa shape index (κ2) is 6.35. The van der Waals surface area contributed by atoms with Gasteiger partial charge in [-0.3, -0.25) is 0 Å². The van der Waals surface area contributed by atoms with E-state index in [2.05, 4.69) is 10.1 Å². The van der Waals surface area contributed by atoms with Gasteiger partial charge in [0.25, 0.3) is 0 Å². The molecule has 1 aromatic heterocycles. The Kier molecular flexibility index (Phi) is 4.75. The fourth-order valence-corrected chi connectivity index (χ4v) is 3.02. The van der Waals surface area contributed by atoms with Gasteiger partial charge >= 0.3 is 0 Å². The number of aryl methyl sites for hydroxylation is 1. The monoisotopic (exact) mass is 327 g/mol. The lowest BCUT2D eigenvalue weighted by molar-refractivity contribution is 0.318. The summed E-state index contributed by atoms with van der Waals surface area (Å²) >= 11 is 13.4. The molecule has 4 nitrogen and oxygen atoms in total. The molecular weight excluding hydrogens is 317 g/mol. The maximum absolute atomic E-state index is 8.83. The third kappa shape index (κ3) is 3.36. The molecule has 0 unspecified atom stereocenters. The van der Waals surface area contributed by atoms with E-state index in [1.54, 1.807) is 30.3 Å². The van der Waals surface area contributed by atoms with Crippen molar-refractivity contribution in [2.75, 3.05) is 0 Å². The highest BCUT2D eigenvalue weighted by Gasteiger charge is 2.13. The van der Waals surface area contributed by atoms with Gasteiger partial charge in [-0.15, -0.1) is 0 Å². The van der Waals surface area contributed by atoms with E-state index in [-0.39, 0.29) is 5.84 Å². The average Bonchev–Trinajstić information content (AvgIpc) is 2.42. The number of pyridine rings is 1. The molecule has 1 aromatic carbocycles. The van der Waals surface area contributed by atoms with Crippen molar-refractivity contribution in [1.82, 2.24) is 4.98 Å². The van der Waals surface area contributed by atoms with Crippen molar-refractivity contribution in [2.45, 2.75) is 16.8 Å². The number of rotatable bonds is 3. The highest BCUT2D eigenvalue weighted by Crippen LogP contribution is 2.35. The first-order valence-electron chi connectivity index (χ1n) is 5.59. The quantitative estimate of drug-likeness (QED) is 0.387. The van der Waals surface area contributed by atoms with Gasteiger partial charge in [-0.1, -0.05) is 40.1 Å². The molecule has 0 spiro atoms. The number of amidine groups is 1. The van der Waals surface area contributed by atoms with Crippen LogP contribution in [0.3, 0.4) is 0 Å². The normalized spacial score (nSPS) is 11.7. The number of aromatic nitrogens is 1. The molecule has 3 N–H and O–H groups in total. The van der Waals surface area contributed by atoms with Crippen molar-refractivity contribution >= 4 is 40.8 Å². The lowest BCUT2D eigenvalue weighted by atomic mass is 10.2. The van der Waals surface area contributed by atoms with Gasteiger partial charge < -0.3 is 10.9 Å². The number of oxime groups is 1. The summed E-state index contributed by atoms with van der Waals surface area (Å²) in [5.74, 6) is -0.00171. The molecule has 1 heterocycles. The molecular formula is C13H11Cl2N3OS. The lowest BCUT2D eigenvalue weighted by Gasteiger charge is -2.09. The summed E-state index contributed by atoms with van der Waals surface area (Å²) in [5, 5.41) is 13.6. The molecule has 0 aliphatic rings. The molecule has 0 fully saturated rings. The van der Waals surface area contributed by atoms with Crippen LogP contribution in [-0.2, 0) is 0 Å². The van der Waals surface area contributed by atoms with Crippen LogP contribution in [-0.4, -0.2) is 16.0 Å². The summed E-state index contributed by atoms with van der Waals surface area (Å²) in [6.07, 6.45) is 0. The second-order valence-corrected chi connectivity index (χ2v) is 5.84. The first-order valence-corrected chi connectivity index (χ1v) is 7.17. The fourth-order valence-electron chi connectivity index (χ4n) is 1.52. The summed E-state index contributed by atoms with van der Waals surface area (Å²) < 4.78 is 0. The topological polar surface area (TPSA) is 71.5 Å². The van der Waals surface area contributed by atoms with E-state index >= 15 is 0 Å². The zero-order valence-corrected chi connectivity index (χ0v) is 12.8. The summed E-state index contributed by atoms with van der Waals surface area (Å²) in [5.41, 5.74) is 7.01. The molecule has 7 heteroatoms. The molecule has 2 aromatic rings. The Morgan fingerprint density at radius 3 is 2.75 bits per heavy atom. The first kappa shape index (κ1) is 15.0. The van der Waals surface area contributed by atoms with Crippen molar-refractivity contribution in [3.05, 3.63) is 51.6 Å². The maximum Gasteiger partial charge on any atom is 0.172 e. The second-order valence-electron chi connectivity index (χ2n) is 3.97. The van der Waals surface area contributed by atoms with Crippen LogP contribution in [0.1, 0.15) is 11.3 Å². The first-order chi connectivity index (χ1) is 9.51. The van der Waals surface area contributed by atoms with Crippen LogP contribution in [0.25, 0.3) is 0 Å². The third-order valence-electron chi connectivity index (χ3n) is 2.48. The molecule has 20 heavy (non-hydrogen) atoms. The van der Waals surface area contributed by atoms with Crippen LogP contribution < -0.4 is 5.73 Å². The van der Waals surface area contributed by atoms with Crippen LogP contribution in [0.15, 0.2) is 45.4 Å². The molecule has 0 saturated heterocycles. The molecule has 0 bridgehead atoms. The van der Waals surface area contributed by atoms with E-state index in [0.717, 1.165) is 10.6 Å². The van der Waals surface area contributed by atoms with Gasteiger partial charge in [-0.25, -0.2) is 4.98 Å². The SMILES string of the molecule is Cc1ccc(C(N)=NO)c(Sc2cc(Cl)ccc2Cl)n1. The number of nitrogens with zero attached hydrogens (tertiary/aromatic N) is 2. The van der Waals surface area contributed by atoms with Crippen LogP contribution in [0, 0.1) is 6.92 Å². The Morgan fingerprint density at radius 2 is 2.05 bits per heavy atom. The minimum absolute atomic E-state index is 0.00171. The van der Waals surface area contributed by atoms with Gasteiger partial charge in [0.2, 0.25) is 0 Å². The molecule has 2 rings (SSSR count). The Labute approximate surface area is 130 Å². The van der Waals surface area contributed by atoms with Crippen molar-refractivity contribution in [2.24, 2.45) is 10.9 Å². The van der Waals surface area contributed by atoms with Crippen LogP contribution >= 0.6 is 35.0 Å². The number of hydrogen-bond acceptors (Lipinski definition) is 4. The van der Waals surface area contributed by atoms with E-state index in [4.69, 9.17) is 34.1 Å². The van der Waals surface area contributed by atoms with E-state index in [1.165, 1.54) is 11.8 Å². The highest BCUT2D eigenvalue weighted by molar-refractivity contribution is 7.99. The van der Waals surface area contributed by atoms with Gasteiger partial charge in [-0.2, -0.15) is 0 Å². The van der Waals surface area contributed by atoms with E-state index in [0.29, 0.717) is 20.6 Å². The third-order valence-corrected chi connectivity index (χ3v) is 4.22.